The van der Waals surface area contributed by atoms with Gasteiger partial charge in [0, 0.05) is 37.0 Å². The molecule has 0 fully saturated rings. The monoisotopic (exact) mass is 281 g/mol. The molecule has 0 atom stereocenters. The van der Waals surface area contributed by atoms with Crippen LogP contribution >= 0.6 is 11.8 Å². The second kappa shape index (κ2) is 7.27. The van der Waals surface area contributed by atoms with Crippen molar-refractivity contribution < 1.29 is 4.79 Å². The molecule has 0 aromatic carbocycles. The number of nitrogens with zero attached hydrogens (tertiary/aromatic N) is 4. The average molecular weight is 281 g/mol. The van der Waals surface area contributed by atoms with Gasteiger partial charge in [-0.15, -0.1) is 4.99 Å². The van der Waals surface area contributed by atoms with Gasteiger partial charge < -0.3 is 21.4 Å². The van der Waals surface area contributed by atoms with Crippen molar-refractivity contribution in [2.24, 2.45) is 16.5 Å². The van der Waals surface area contributed by atoms with Crippen LogP contribution in [0.15, 0.2) is 11.2 Å². The van der Waals surface area contributed by atoms with Crippen molar-refractivity contribution in [1.29, 1.82) is 5.26 Å². The Morgan fingerprint density at radius 1 is 1.68 bits per heavy atom. The molecule has 0 saturated heterocycles. The summed E-state index contributed by atoms with van der Waals surface area (Å²) < 4.78 is 0. The molecule has 1 aromatic heterocycles. The van der Waals surface area contributed by atoms with Gasteiger partial charge in [0.15, 0.2) is 5.82 Å². The second-order valence-corrected chi connectivity index (χ2v) is 4.77. The molecule has 0 unspecified atom stereocenters. The van der Waals surface area contributed by atoms with Gasteiger partial charge in [0.1, 0.15) is 0 Å². The number of aliphatic imine (C=N–C) groups is 1. The van der Waals surface area contributed by atoms with Crippen molar-refractivity contribution in [3.05, 3.63) is 17.7 Å². The van der Waals surface area contributed by atoms with Gasteiger partial charge in [-0.1, -0.05) is 0 Å². The quantitative estimate of drug-likeness (QED) is 0.277. The number of nitriles is 1. The van der Waals surface area contributed by atoms with E-state index in [9.17, 15) is 4.79 Å². The van der Waals surface area contributed by atoms with Crippen molar-refractivity contribution in [2.75, 3.05) is 19.3 Å². The first-order chi connectivity index (χ1) is 9.04. The Labute approximate surface area is 114 Å². The Hall–Kier alpha value is -2.21. The Bertz CT molecular complexity index is 504. The number of H-pyrrole nitrogens is 1. The highest BCUT2D eigenvalue weighted by molar-refractivity contribution is 7.98. The standard InChI is InChI=1S/C10H15N7OS/c1-17(10(13)15-6-11)2-3-19-5-7-4-14-9(16-7)8(12)18/h4H,2-3,5H2,1H3,(H2,12,18)(H2,13,15)(H,14,16). The second-order valence-electron chi connectivity index (χ2n) is 3.67. The summed E-state index contributed by atoms with van der Waals surface area (Å²) >= 11 is 1.64. The van der Waals surface area contributed by atoms with E-state index in [4.69, 9.17) is 16.7 Å². The summed E-state index contributed by atoms with van der Waals surface area (Å²) in [6, 6.07) is 0. The van der Waals surface area contributed by atoms with Gasteiger partial charge in [-0.3, -0.25) is 4.79 Å². The van der Waals surface area contributed by atoms with Crippen LogP contribution in [0.25, 0.3) is 0 Å². The van der Waals surface area contributed by atoms with E-state index in [1.165, 1.54) is 0 Å². The summed E-state index contributed by atoms with van der Waals surface area (Å²) in [5.74, 6) is 1.27. The van der Waals surface area contributed by atoms with E-state index in [2.05, 4.69) is 15.0 Å². The maximum atomic E-state index is 10.8. The summed E-state index contributed by atoms with van der Waals surface area (Å²) in [5.41, 5.74) is 11.5. The normalized spacial score (nSPS) is 11.1. The fourth-order valence-electron chi connectivity index (χ4n) is 1.19. The summed E-state index contributed by atoms with van der Waals surface area (Å²) in [5, 5.41) is 8.35. The minimum Gasteiger partial charge on any atom is -0.369 e. The number of nitrogens with two attached hydrogens (primary N) is 2. The van der Waals surface area contributed by atoms with Gasteiger partial charge in [-0.2, -0.15) is 17.0 Å². The number of aromatic nitrogens is 2. The third-order valence-electron chi connectivity index (χ3n) is 2.25. The molecular weight excluding hydrogens is 266 g/mol. The van der Waals surface area contributed by atoms with E-state index in [1.807, 2.05) is 0 Å². The molecule has 0 aliphatic heterocycles. The van der Waals surface area contributed by atoms with Crippen LogP contribution in [0.3, 0.4) is 0 Å². The molecule has 0 bridgehead atoms. The lowest BCUT2D eigenvalue weighted by atomic mass is 10.5. The van der Waals surface area contributed by atoms with Crippen LogP contribution in [-0.2, 0) is 5.75 Å². The van der Waals surface area contributed by atoms with Crippen LogP contribution in [0.4, 0.5) is 0 Å². The lowest BCUT2D eigenvalue weighted by Gasteiger charge is -2.16. The minimum absolute atomic E-state index is 0.165. The van der Waals surface area contributed by atoms with Crippen LogP contribution < -0.4 is 11.5 Å². The lowest BCUT2D eigenvalue weighted by Crippen LogP contribution is -2.35. The van der Waals surface area contributed by atoms with Gasteiger partial charge in [-0.25, -0.2) is 4.98 Å². The number of primary amides is 1. The number of amides is 1. The Balaban J connectivity index is 2.29. The van der Waals surface area contributed by atoms with Crippen LogP contribution in [0.1, 0.15) is 16.3 Å². The summed E-state index contributed by atoms with van der Waals surface area (Å²) in [7, 11) is 1.76. The molecule has 1 aromatic rings. The highest BCUT2D eigenvalue weighted by atomic mass is 32.2. The van der Waals surface area contributed by atoms with Gasteiger partial charge >= 0.3 is 0 Å². The molecular formula is C10H15N7OS. The van der Waals surface area contributed by atoms with Crippen molar-refractivity contribution in [2.45, 2.75) is 5.75 Å². The lowest BCUT2D eigenvalue weighted by molar-refractivity contribution is 0.0991. The third-order valence-corrected chi connectivity index (χ3v) is 3.23. The van der Waals surface area contributed by atoms with Crippen molar-refractivity contribution in [3.8, 4) is 6.19 Å². The smallest absolute Gasteiger partial charge is 0.284 e. The molecule has 1 rings (SSSR count). The molecule has 1 heterocycles. The zero-order chi connectivity index (χ0) is 14.3. The molecule has 102 valence electrons. The first kappa shape index (κ1) is 14.8. The van der Waals surface area contributed by atoms with Crippen LogP contribution in [0.5, 0.6) is 0 Å². The molecule has 9 heteroatoms. The number of rotatable bonds is 6. The average Bonchev–Trinajstić information content (AvgIpc) is 2.83. The number of aromatic amines is 1. The van der Waals surface area contributed by atoms with E-state index in [1.54, 1.807) is 36.1 Å². The molecule has 19 heavy (non-hydrogen) atoms. The molecule has 0 radical (unpaired) electrons. The number of imidazole rings is 1. The van der Waals surface area contributed by atoms with Gasteiger partial charge in [0.2, 0.25) is 12.2 Å². The van der Waals surface area contributed by atoms with E-state index in [-0.39, 0.29) is 11.8 Å². The highest BCUT2D eigenvalue weighted by Gasteiger charge is 2.06. The number of guanidine groups is 1. The SMILES string of the molecule is CN(CCSCc1cnc(C(N)=O)[nH]1)C(N)=NC#N. The van der Waals surface area contributed by atoms with Crippen LogP contribution in [-0.4, -0.2) is 46.1 Å². The molecule has 8 nitrogen and oxygen atoms in total. The largest absolute Gasteiger partial charge is 0.369 e. The first-order valence-corrected chi connectivity index (χ1v) is 6.55. The Morgan fingerprint density at radius 3 is 3.00 bits per heavy atom. The predicted molar refractivity (Wildman–Crippen MR) is 73.1 cm³/mol. The van der Waals surface area contributed by atoms with Crippen molar-refractivity contribution >= 4 is 23.6 Å². The van der Waals surface area contributed by atoms with E-state index in [0.29, 0.717) is 12.3 Å². The van der Waals surface area contributed by atoms with E-state index in [0.717, 1.165) is 11.4 Å². The zero-order valence-electron chi connectivity index (χ0n) is 10.5. The van der Waals surface area contributed by atoms with E-state index >= 15 is 0 Å². The zero-order valence-corrected chi connectivity index (χ0v) is 11.3. The Kier molecular flexibility index (Phi) is 5.69. The van der Waals surface area contributed by atoms with Crippen molar-refractivity contribution in [1.82, 2.24) is 14.9 Å². The number of thioether (sulfide) groups is 1. The third kappa shape index (κ3) is 4.89. The molecule has 1 amide bonds. The fraction of sp³-hybridized carbons (Fsp3) is 0.400. The number of hydrogen-bond acceptors (Lipinski definition) is 5. The van der Waals surface area contributed by atoms with Crippen LogP contribution in [0, 0.1) is 11.5 Å². The maximum Gasteiger partial charge on any atom is 0.284 e. The predicted octanol–water partition coefficient (Wildman–Crippen LogP) is -0.531. The Morgan fingerprint density at radius 2 is 2.42 bits per heavy atom. The number of hydrogen-bond donors (Lipinski definition) is 3. The maximum absolute atomic E-state index is 10.8. The molecule has 0 spiro atoms. The molecule has 0 aliphatic rings. The van der Waals surface area contributed by atoms with Crippen molar-refractivity contribution in [3.63, 3.8) is 0 Å². The first-order valence-electron chi connectivity index (χ1n) is 5.39. The van der Waals surface area contributed by atoms with Crippen LogP contribution in [0.2, 0.25) is 0 Å². The summed E-state index contributed by atoms with van der Waals surface area (Å²) in [4.78, 5) is 22.6. The molecule has 0 saturated carbocycles. The molecule has 0 aliphatic carbocycles. The van der Waals surface area contributed by atoms with Gasteiger partial charge in [-0.05, 0) is 0 Å². The number of carbonyl (C=O) groups excluding carboxylic acids is 1. The number of carbonyl (C=O) groups is 1. The number of nitrogens with one attached hydrogen (secondary N) is 1. The summed E-state index contributed by atoms with van der Waals surface area (Å²) in [6.07, 6.45) is 3.22. The minimum atomic E-state index is -0.573. The summed E-state index contributed by atoms with van der Waals surface area (Å²) in [6.45, 7) is 0.665. The highest BCUT2D eigenvalue weighted by Crippen LogP contribution is 2.10. The van der Waals surface area contributed by atoms with E-state index < -0.39 is 5.91 Å². The fourth-order valence-corrected chi connectivity index (χ4v) is 2.11. The van der Waals surface area contributed by atoms with Gasteiger partial charge in [0.05, 0.1) is 0 Å². The molecule has 5 N–H and O–H groups in total. The topological polar surface area (TPSA) is 137 Å². The van der Waals surface area contributed by atoms with Gasteiger partial charge in [0.25, 0.3) is 5.91 Å².